The number of nitrogens with one attached hydrogen (secondary N) is 2. The first-order chi connectivity index (χ1) is 18.8. The second kappa shape index (κ2) is 13.2. The van der Waals surface area contributed by atoms with Crippen molar-refractivity contribution in [2.24, 2.45) is 5.73 Å². The summed E-state index contributed by atoms with van der Waals surface area (Å²) in [5.41, 5.74) is 14.3. The average Bonchev–Trinajstić information content (AvgIpc) is 3.45. The maximum absolute atomic E-state index is 14.4. The van der Waals surface area contributed by atoms with E-state index in [-0.39, 0.29) is 28.2 Å². The summed E-state index contributed by atoms with van der Waals surface area (Å²) < 4.78 is 0. The Morgan fingerprint density at radius 1 is 0.974 bits per heavy atom. The molecule has 0 aliphatic rings. The molecule has 0 radical (unpaired) electrons. The van der Waals surface area contributed by atoms with E-state index in [0.717, 1.165) is 11.1 Å². The highest BCUT2D eigenvalue weighted by Gasteiger charge is 2.34. The lowest BCUT2D eigenvalue weighted by molar-refractivity contribution is -0.140. The lowest BCUT2D eigenvalue weighted by atomic mass is 9.89. The van der Waals surface area contributed by atoms with Crippen molar-refractivity contribution in [2.75, 3.05) is 17.6 Å². The van der Waals surface area contributed by atoms with Gasteiger partial charge in [-0.25, -0.2) is 4.98 Å². The normalized spacial score (nSPS) is 11.8. The molecule has 6 N–H and O–H groups in total. The Hall–Kier alpha value is -4.01. The highest BCUT2D eigenvalue weighted by atomic mass is 35.5. The van der Waals surface area contributed by atoms with Crippen LogP contribution in [-0.2, 0) is 16.1 Å². The van der Waals surface area contributed by atoms with E-state index in [0.29, 0.717) is 30.9 Å². The SMILES string of the molecule is NC(=O)[C@@H](CCCNc1ncc[nH]1)N(Cc1cc(Cl)c(N)c(Cl)c1)C(=O)C(c1ccccc1)c1ccccc1. The molecular formula is C29H30Cl2N6O2. The Morgan fingerprint density at radius 2 is 1.56 bits per heavy atom. The molecule has 0 aliphatic carbocycles. The zero-order chi connectivity index (χ0) is 27.8. The van der Waals surface area contributed by atoms with Crippen LogP contribution in [0.3, 0.4) is 0 Å². The first-order valence-electron chi connectivity index (χ1n) is 12.5. The molecule has 1 heterocycles. The number of nitrogens with zero attached hydrogens (tertiary/aromatic N) is 2. The van der Waals surface area contributed by atoms with Gasteiger partial charge in [-0.15, -0.1) is 0 Å². The molecule has 39 heavy (non-hydrogen) atoms. The second-order valence-electron chi connectivity index (χ2n) is 9.12. The number of benzene rings is 3. The molecule has 4 rings (SSSR count). The number of aromatic amines is 1. The summed E-state index contributed by atoms with van der Waals surface area (Å²) in [7, 11) is 0. The van der Waals surface area contributed by atoms with E-state index in [1.165, 1.54) is 4.90 Å². The molecule has 0 saturated heterocycles. The number of carbonyl (C=O) groups excluding carboxylic acids is 2. The van der Waals surface area contributed by atoms with E-state index in [4.69, 9.17) is 34.7 Å². The first-order valence-corrected chi connectivity index (χ1v) is 13.3. The monoisotopic (exact) mass is 564 g/mol. The summed E-state index contributed by atoms with van der Waals surface area (Å²) in [6.07, 6.45) is 4.25. The minimum Gasteiger partial charge on any atom is -0.396 e. The van der Waals surface area contributed by atoms with Gasteiger partial charge < -0.3 is 26.7 Å². The van der Waals surface area contributed by atoms with Crippen LogP contribution in [0.2, 0.25) is 10.0 Å². The molecule has 202 valence electrons. The molecular weight excluding hydrogens is 535 g/mol. The summed E-state index contributed by atoms with van der Waals surface area (Å²) >= 11 is 12.6. The van der Waals surface area contributed by atoms with Crippen molar-refractivity contribution in [1.29, 1.82) is 0 Å². The number of imidazole rings is 1. The Balaban J connectivity index is 1.69. The number of nitrogen functional groups attached to an aromatic ring is 1. The number of carbonyl (C=O) groups is 2. The molecule has 0 aliphatic heterocycles. The molecule has 0 fully saturated rings. The van der Waals surface area contributed by atoms with Crippen LogP contribution in [0.15, 0.2) is 85.2 Å². The number of halogens is 2. The van der Waals surface area contributed by atoms with Crippen molar-refractivity contribution in [3.63, 3.8) is 0 Å². The molecule has 0 spiro atoms. The molecule has 0 unspecified atom stereocenters. The van der Waals surface area contributed by atoms with Crippen molar-refractivity contribution in [1.82, 2.24) is 14.9 Å². The molecule has 0 bridgehead atoms. The number of anilines is 2. The highest BCUT2D eigenvalue weighted by molar-refractivity contribution is 6.38. The minimum atomic E-state index is -0.888. The zero-order valence-electron chi connectivity index (χ0n) is 21.2. The Bertz CT molecular complexity index is 1320. The van der Waals surface area contributed by atoms with Crippen LogP contribution in [0.1, 0.15) is 35.4 Å². The fourth-order valence-corrected chi connectivity index (χ4v) is 5.05. The molecule has 0 saturated carbocycles. The van der Waals surface area contributed by atoms with Gasteiger partial charge in [0.1, 0.15) is 6.04 Å². The lowest BCUT2D eigenvalue weighted by Crippen LogP contribution is -2.49. The third kappa shape index (κ3) is 7.10. The van der Waals surface area contributed by atoms with Gasteiger partial charge in [-0.05, 0) is 41.7 Å². The summed E-state index contributed by atoms with van der Waals surface area (Å²) in [6.45, 7) is 0.591. The van der Waals surface area contributed by atoms with Gasteiger partial charge in [0.2, 0.25) is 11.8 Å². The molecule has 4 aromatic rings. The number of aromatic nitrogens is 2. The number of hydrogen-bond acceptors (Lipinski definition) is 5. The van der Waals surface area contributed by atoms with E-state index in [1.807, 2.05) is 60.7 Å². The van der Waals surface area contributed by atoms with Crippen LogP contribution < -0.4 is 16.8 Å². The smallest absolute Gasteiger partial charge is 0.240 e. The molecule has 8 nitrogen and oxygen atoms in total. The maximum Gasteiger partial charge on any atom is 0.240 e. The largest absolute Gasteiger partial charge is 0.396 e. The molecule has 1 aromatic heterocycles. The number of hydrogen-bond donors (Lipinski definition) is 4. The number of primary amides is 1. The second-order valence-corrected chi connectivity index (χ2v) is 9.93. The standard InChI is InChI=1S/C29H30Cl2N6O2/c30-22-16-19(17-23(31)26(22)32)18-37(24(27(33)38)12-7-13-34-29-35-14-15-36-29)28(39)25(20-8-3-1-4-9-20)21-10-5-2-6-11-21/h1-6,8-11,14-17,24-25H,7,12-13,18,32H2,(H2,33,38)(H2,34,35,36)/t24-/m1/s1. The Morgan fingerprint density at radius 3 is 2.08 bits per heavy atom. The van der Waals surface area contributed by atoms with Gasteiger partial charge in [-0.3, -0.25) is 9.59 Å². The third-order valence-corrected chi connectivity index (χ3v) is 7.06. The van der Waals surface area contributed by atoms with Gasteiger partial charge in [0.05, 0.1) is 21.7 Å². The van der Waals surface area contributed by atoms with Crippen LogP contribution in [0, 0.1) is 0 Å². The van der Waals surface area contributed by atoms with E-state index in [1.54, 1.807) is 24.5 Å². The number of H-pyrrole nitrogens is 1. The molecule has 10 heteroatoms. The van der Waals surface area contributed by atoms with Gasteiger partial charge in [0, 0.05) is 25.5 Å². The van der Waals surface area contributed by atoms with Crippen LogP contribution in [0.5, 0.6) is 0 Å². The van der Waals surface area contributed by atoms with Gasteiger partial charge >= 0.3 is 0 Å². The highest BCUT2D eigenvalue weighted by Crippen LogP contribution is 2.32. The maximum atomic E-state index is 14.4. The quantitative estimate of drug-likeness (QED) is 0.139. The fraction of sp³-hybridized carbons (Fsp3) is 0.207. The average molecular weight is 566 g/mol. The summed E-state index contributed by atoms with van der Waals surface area (Å²) in [4.78, 5) is 36.0. The zero-order valence-corrected chi connectivity index (χ0v) is 22.7. The Kier molecular flexibility index (Phi) is 9.46. The first kappa shape index (κ1) is 28.0. The van der Waals surface area contributed by atoms with Crippen molar-refractivity contribution < 1.29 is 9.59 Å². The number of amides is 2. The van der Waals surface area contributed by atoms with Crippen LogP contribution >= 0.6 is 23.2 Å². The summed E-state index contributed by atoms with van der Waals surface area (Å²) in [5.74, 6) is -0.902. The minimum absolute atomic E-state index is 0.0634. The van der Waals surface area contributed by atoms with E-state index in [2.05, 4.69) is 15.3 Å². The number of rotatable bonds is 12. The predicted molar refractivity (Wildman–Crippen MR) is 155 cm³/mol. The molecule has 3 aromatic carbocycles. The van der Waals surface area contributed by atoms with E-state index < -0.39 is 17.9 Å². The van der Waals surface area contributed by atoms with E-state index in [9.17, 15) is 9.59 Å². The van der Waals surface area contributed by atoms with Crippen LogP contribution in [0.4, 0.5) is 11.6 Å². The summed E-state index contributed by atoms with van der Waals surface area (Å²) in [5, 5.41) is 3.70. The lowest BCUT2D eigenvalue weighted by Gasteiger charge is -2.33. The molecule has 1 atom stereocenters. The molecule has 2 amide bonds. The third-order valence-electron chi connectivity index (χ3n) is 6.44. The predicted octanol–water partition coefficient (Wildman–Crippen LogP) is 5.21. The Labute approximate surface area is 237 Å². The number of nitrogens with two attached hydrogens (primary N) is 2. The van der Waals surface area contributed by atoms with Crippen molar-refractivity contribution in [2.45, 2.75) is 31.3 Å². The van der Waals surface area contributed by atoms with Crippen molar-refractivity contribution in [3.05, 3.63) is 112 Å². The van der Waals surface area contributed by atoms with Crippen LogP contribution in [0.25, 0.3) is 0 Å². The van der Waals surface area contributed by atoms with Crippen molar-refractivity contribution in [3.8, 4) is 0 Å². The van der Waals surface area contributed by atoms with Crippen LogP contribution in [-0.4, -0.2) is 39.3 Å². The van der Waals surface area contributed by atoms with Crippen molar-refractivity contribution >= 4 is 46.7 Å². The fourth-order valence-electron chi connectivity index (χ4n) is 4.52. The summed E-state index contributed by atoms with van der Waals surface area (Å²) in [6, 6.07) is 21.3. The van der Waals surface area contributed by atoms with Gasteiger partial charge in [-0.1, -0.05) is 83.9 Å². The topological polar surface area (TPSA) is 130 Å². The van der Waals surface area contributed by atoms with Gasteiger partial charge in [0.25, 0.3) is 0 Å². The van der Waals surface area contributed by atoms with Gasteiger partial charge in [0.15, 0.2) is 5.95 Å². The van der Waals surface area contributed by atoms with Gasteiger partial charge in [-0.2, -0.15) is 0 Å². The van der Waals surface area contributed by atoms with E-state index >= 15 is 0 Å².